The minimum atomic E-state index is -0.307. The van der Waals surface area contributed by atoms with Gasteiger partial charge in [-0.2, -0.15) is 0 Å². The van der Waals surface area contributed by atoms with Gasteiger partial charge in [0.25, 0.3) is 0 Å². The van der Waals surface area contributed by atoms with E-state index in [2.05, 4.69) is 10.3 Å². The van der Waals surface area contributed by atoms with Crippen molar-refractivity contribution in [2.75, 3.05) is 19.4 Å². The summed E-state index contributed by atoms with van der Waals surface area (Å²) >= 11 is 0. The molecule has 0 atom stereocenters. The second-order valence-electron chi connectivity index (χ2n) is 2.95. The molecule has 4 heteroatoms. The van der Waals surface area contributed by atoms with Gasteiger partial charge in [-0.05, 0) is 17.7 Å². The standard InChI is InChI=1S/C11H14FN3/c1-14-7-9(6-13)8-3-4-11(15-2)10(12)5-8/h3-7,15H,13H2,1-2H3/b9-6+,14-7?. The average molecular weight is 207 g/mol. The van der Waals surface area contributed by atoms with Crippen molar-refractivity contribution in [3.8, 4) is 0 Å². The molecule has 0 heterocycles. The van der Waals surface area contributed by atoms with E-state index in [0.29, 0.717) is 16.8 Å². The Labute approximate surface area is 88.5 Å². The lowest BCUT2D eigenvalue weighted by Crippen LogP contribution is -1.96. The zero-order valence-electron chi connectivity index (χ0n) is 8.79. The van der Waals surface area contributed by atoms with Crippen LogP contribution in [-0.2, 0) is 0 Å². The third-order valence-corrected chi connectivity index (χ3v) is 2.02. The maximum atomic E-state index is 13.4. The zero-order valence-corrected chi connectivity index (χ0v) is 8.79. The molecule has 1 aromatic carbocycles. The molecular weight excluding hydrogens is 193 g/mol. The summed E-state index contributed by atoms with van der Waals surface area (Å²) in [6.45, 7) is 0. The van der Waals surface area contributed by atoms with Crippen LogP contribution < -0.4 is 11.1 Å². The highest BCUT2D eigenvalue weighted by atomic mass is 19.1. The Hall–Kier alpha value is -1.84. The summed E-state index contributed by atoms with van der Waals surface area (Å²) < 4.78 is 13.4. The smallest absolute Gasteiger partial charge is 0.146 e. The Kier molecular flexibility index (Phi) is 3.85. The fourth-order valence-corrected chi connectivity index (χ4v) is 1.25. The molecule has 0 aliphatic rings. The molecule has 0 radical (unpaired) electrons. The molecule has 3 nitrogen and oxygen atoms in total. The number of hydrogen-bond acceptors (Lipinski definition) is 3. The van der Waals surface area contributed by atoms with Gasteiger partial charge in [0.05, 0.1) is 5.69 Å². The normalized spacial score (nSPS) is 12.1. The fourth-order valence-electron chi connectivity index (χ4n) is 1.25. The monoisotopic (exact) mass is 207 g/mol. The first-order valence-corrected chi connectivity index (χ1v) is 4.54. The molecule has 3 N–H and O–H groups in total. The van der Waals surface area contributed by atoms with Gasteiger partial charge >= 0.3 is 0 Å². The maximum absolute atomic E-state index is 13.4. The number of hydrogen-bond donors (Lipinski definition) is 2. The Balaban J connectivity index is 3.11. The van der Waals surface area contributed by atoms with E-state index in [4.69, 9.17) is 5.73 Å². The number of nitrogens with zero attached hydrogens (tertiary/aromatic N) is 1. The van der Waals surface area contributed by atoms with Crippen LogP contribution in [0.4, 0.5) is 10.1 Å². The molecule has 0 amide bonds. The van der Waals surface area contributed by atoms with Crippen molar-refractivity contribution in [1.82, 2.24) is 0 Å². The minimum Gasteiger partial charge on any atom is -0.404 e. The number of benzene rings is 1. The van der Waals surface area contributed by atoms with Crippen LogP contribution >= 0.6 is 0 Å². The Morgan fingerprint density at radius 1 is 1.53 bits per heavy atom. The van der Waals surface area contributed by atoms with E-state index in [1.165, 1.54) is 12.3 Å². The molecule has 0 fully saturated rings. The summed E-state index contributed by atoms with van der Waals surface area (Å²) in [5.41, 5.74) is 7.28. The summed E-state index contributed by atoms with van der Waals surface area (Å²) in [5.74, 6) is -0.307. The van der Waals surface area contributed by atoms with E-state index in [0.717, 1.165) is 0 Å². The van der Waals surface area contributed by atoms with E-state index >= 15 is 0 Å². The van der Waals surface area contributed by atoms with Crippen molar-refractivity contribution >= 4 is 17.5 Å². The lowest BCUT2D eigenvalue weighted by atomic mass is 10.1. The van der Waals surface area contributed by atoms with E-state index in [1.807, 2.05) is 0 Å². The van der Waals surface area contributed by atoms with Gasteiger partial charge in [-0.15, -0.1) is 0 Å². The topological polar surface area (TPSA) is 50.4 Å². The maximum Gasteiger partial charge on any atom is 0.146 e. The third-order valence-electron chi connectivity index (χ3n) is 2.02. The quantitative estimate of drug-likeness (QED) is 0.743. The lowest BCUT2D eigenvalue weighted by Gasteiger charge is -2.05. The van der Waals surface area contributed by atoms with Gasteiger partial charge in [0.15, 0.2) is 0 Å². The summed E-state index contributed by atoms with van der Waals surface area (Å²) in [6, 6.07) is 4.87. The number of allylic oxidation sites excluding steroid dienone is 1. The predicted octanol–water partition coefficient (Wildman–Crippen LogP) is 1.87. The van der Waals surface area contributed by atoms with E-state index in [1.54, 1.807) is 32.4 Å². The fraction of sp³-hybridized carbons (Fsp3) is 0.182. The number of nitrogens with one attached hydrogen (secondary N) is 1. The van der Waals surface area contributed by atoms with Crippen molar-refractivity contribution in [1.29, 1.82) is 0 Å². The first-order chi connectivity index (χ1) is 7.22. The van der Waals surface area contributed by atoms with E-state index in [9.17, 15) is 4.39 Å². The number of nitrogens with two attached hydrogens (primary N) is 1. The summed E-state index contributed by atoms with van der Waals surface area (Å²) in [4.78, 5) is 3.84. The van der Waals surface area contributed by atoms with Gasteiger partial charge in [0.1, 0.15) is 5.82 Å². The summed E-state index contributed by atoms with van der Waals surface area (Å²) in [5, 5.41) is 2.75. The molecule has 0 aliphatic carbocycles. The van der Waals surface area contributed by atoms with Crippen LogP contribution in [0.15, 0.2) is 29.4 Å². The number of rotatable bonds is 3. The molecular formula is C11H14FN3. The van der Waals surface area contributed by atoms with Crippen molar-refractivity contribution in [2.45, 2.75) is 0 Å². The number of halogens is 1. The van der Waals surface area contributed by atoms with Crippen LogP contribution in [0.1, 0.15) is 5.56 Å². The molecule has 0 aliphatic heterocycles. The van der Waals surface area contributed by atoms with Gasteiger partial charge in [0, 0.05) is 32.1 Å². The molecule has 0 aromatic heterocycles. The van der Waals surface area contributed by atoms with Gasteiger partial charge in [-0.3, -0.25) is 4.99 Å². The van der Waals surface area contributed by atoms with Gasteiger partial charge in [-0.25, -0.2) is 4.39 Å². The largest absolute Gasteiger partial charge is 0.404 e. The van der Waals surface area contributed by atoms with Crippen LogP contribution in [0.3, 0.4) is 0 Å². The predicted molar refractivity (Wildman–Crippen MR) is 62.5 cm³/mol. The molecule has 80 valence electrons. The second kappa shape index (κ2) is 5.14. The lowest BCUT2D eigenvalue weighted by molar-refractivity contribution is 0.631. The Bertz CT molecular complexity index is 397. The first-order valence-electron chi connectivity index (χ1n) is 4.54. The van der Waals surface area contributed by atoms with Crippen molar-refractivity contribution in [3.05, 3.63) is 35.8 Å². The van der Waals surface area contributed by atoms with Crippen molar-refractivity contribution < 1.29 is 4.39 Å². The van der Waals surface area contributed by atoms with E-state index < -0.39 is 0 Å². The second-order valence-corrected chi connectivity index (χ2v) is 2.95. The van der Waals surface area contributed by atoms with E-state index in [-0.39, 0.29) is 5.82 Å². The van der Waals surface area contributed by atoms with Crippen molar-refractivity contribution in [2.24, 2.45) is 10.7 Å². The molecule has 1 aromatic rings. The van der Waals surface area contributed by atoms with Crippen LogP contribution in [0.2, 0.25) is 0 Å². The number of aliphatic imine (C=N–C) groups is 1. The molecule has 0 bridgehead atoms. The molecule has 0 spiro atoms. The summed E-state index contributed by atoms with van der Waals surface area (Å²) in [7, 11) is 3.31. The highest BCUT2D eigenvalue weighted by Crippen LogP contribution is 2.19. The molecule has 15 heavy (non-hydrogen) atoms. The molecule has 0 unspecified atom stereocenters. The highest BCUT2D eigenvalue weighted by Gasteiger charge is 2.03. The van der Waals surface area contributed by atoms with Gasteiger partial charge < -0.3 is 11.1 Å². The number of anilines is 1. The summed E-state index contributed by atoms with van der Waals surface area (Å²) in [6.07, 6.45) is 2.99. The highest BCUT2D eigenvalue weighted by molar-refractivity contribution is 6.09. The van der Waals surface area contributed by atoms with Crippen molar-refractivity contribution in [3.63, 3.8) is 0 Å². The van der Waals surface area contributed by atoms with Crippen LogP contribution in [0.5, 0.6) is 0 Å². The minimum absolute atomic E-state index is 0.307. The third kappa shape index (κ3) is 2.56. The Morgan fingerprint density at radius 2 is 2.27 bits per heavy atom. The van der Waals surface area contributed by atoms with Crippen LogP contribution in [-0.4, -0.2) is 20.3 Å². The molecule has 1 rings (SSSR count). The molecule has 0 saturated carbocycles. The Morgan fingerprint density at radius 3 is 2.73 bits per heavy atom. The first kappa shape index (κ1) is 11.2. The average Bonchev–Trinajstić information content (AvgIpc) is 2.25. The van der Waals surface area contributed by atoms with Crippen LogP contribution in [0.25, 0.3) is 5.57 Å². The van der Waals surface area contributed by atoms with Gasteiger partial charge in [-0.1, -0.05) is 6.07 Å². The zero-order chi connectivity index (χ0) is 11.3. The molecule has 0 saturated heterocycles. The van der Waals surface area contributed by atoms with Crippen LogP contribution in [0, 0.1) is 5.82 Å². The SMILES string of the molecule is CN=C/C(=C\N)c1ccc(NC)c(F)c1. The van der Waals surface area contributed by atoms with Gasteiger partial charge in [0.2, 0.25) is 0 Å².